The summed E-state index contributed by atoms with van der Waals surface area (Å²) in [6.45, 7) is 15.2. The van der Waals surface area contributed by atoms with Crippen molar-refractivity contribution in [2.75, 3.05) is 39.3 Å². The Morgan fingerprint density at radius 1 is 0.944 bits per heavy atom. The minimum Gasteiger partial charge on any atom is -0.303 e. The van der Waals surface area contributed by atoms with Gasteiger partial charge in [0.15, 0.2) is 0 Å². The van der Waals surface area contributed by atoms with E-state index in [0.717, 1.165) is 17.8 Å². The Morgan fingerprint density at radius 2 is 1.67 bits per heavy atom. The maximum absolute atomic E-state index is 2.68. The summed E-state index contributed by atoms with van der Waals surface area (Å²) in [5.74, 6) is 2.69. The zero-order valence-electron chi connectivity index (χ0n) is 12.7. The number of hydrogen-bond acceptors (Lipinski definition) is 2. The molecule has 2 heteroatoms. The lowest BCUT2D eigenvalue weighted by molar-refractivity contribution is 0.246. The summed E-state index contributed by atoms with van der Waals surface area (Å²) in [5, 5.41) is 0. The third kappa shape index (κ3) is 4.55. The lowest BCUT2D eigenvalue weighted by atomic mass is 9.95. The number of rotatable bonds is 6. The lowest BCUT2D eigenvalue weighted by Crippen LogP contribution is -2.28. The summed E-state index contributed by atoms with van der Waals surface area (Å²) in [5.41, 5.74) is 0. The molecule has 0 aromatic heterocycles. The van der Waals surface area contributed by atoms with Crippen LogP contribution in [0.15, 0.2) is 0 Å². The van der Waals surface area contributed by atoms with Crippen LogP contribution in [0.1, 0.15) is 46.5 Å². The average Bonchev–Trinajstić information content (AvgIpc) is 2.89. The van der Waals surface area contributed by atoms with E-state index in [1.165, 1.54) is 65.0 Å². The molecule has 0 amide bonds. The number of likely N-dealkylation sites (tertiary alicyclic amines) is 2. The first kappa shape index (κ1) is 14.3. The molecule has 106 valence electrons. The van der Waals surface area contributed by atoms with Crippen LogP contribution in [0, 0.1) is 17.8 Å². The first-order valence-electron chi connectivity index (χ1n) is 8.08. The van der Waals surface area contributed by atoms with Crippen LogP contribution in [-0.2, 0) is 0 Å². The SMILES string of the molecule is CC(C)CN1CCC(C[C@H](C)CN2CCCC2)C1. The Bertz CT molecular complexity index is 233. The van der Waals surface area contributed by atoms with Crippen molar-refractivity contribution >= 4 is 0 Å². The maximum atomic E-state index is 2.68. The molecule has 0 aromatic carbocycles. The first-order chi connectivity index (χ1) is 8.63. The van der Waals surface area contributed by atoms with Crippen LogP contribution in [0.25, 0.3) is 0 Å². The molecule has 2 aliphatic heterocycles. The van der Waals surface area contributed by atoms with Crippen LogP contribution in [0.2, 0.25) is 0 Å². The molecule has 0 N–H and O–H groups in total. The van der Waals surface area contributed by atoms with E-state index in [1.807, 2.05) is 0 Å². The molecule has 2 aliphatic rings. The van der Waals surface area contributed by atoms with Gasteiger partial charge in [0.1, 0.15) is 0 Å². The molecular formula is C16H32N2. The monoisotopic (exact) mass is 252 g/mol. The average molecular weight is 252 g/mol. The zero-order chi connectivity index (χ0) is 13.0. The number of nitrogens with zero attached hydrogens (tertiary/aromatic N) is 2. The van der Waals surface area contributed by atoms with Crippen molar-refractivity contribution in [1.82, 2.24) is 9.80 Å². The van der Waals surface area contributed by atoms with Crippen molar-refractivity contribution in [2.24, 2.45) is 17.8 Å². The Balaban J connectivity index is 1.64. The minimum absolute atomic E-state index is 0.825. The highest BCUT2D eigenvalue weighted by Crippen LogP contribution is 2.25. The Morgan fingerprint density at radius 3 is 2.33 bits per heavy atom. The summed E-state index contributed by atoms with van der Waals surface area (Å²) in [6, 6.07) is 0. The van der Waals surface area contributed by atoms with Crippen LogP contribution in [0.4, 0.5) is 0 Å². The maximum Gasteiger partial charge on any atom is 0.00104 e. The minimum atomic E-state index is 0.825. The van der Waals surface area contributed by atoms with Gasteiger partial charge in [-0.05, 0) is 63.1 Å². The second kappa shape index (κ2) is 6.91. The van der Waals surface area contributed by atoms with Gasteiger partial charge in [0.25, 0.3) is 0 Å². The van der Waals surface area contributed by atoms with Crippen LogP contribution < -0.4 is 0 Å². The van der Waals surface area contributed by atoms with Crippen molar-refractivity contribution in [3.63, 3.8) is 0 Å². The molecule has 18 heavy (non-hydrogen) atoms. The molecule has 2 rings (SSSR count). The van der Waals surface area contributed by atoms with E-state index < -0.39 is 0 Å². The van der Waals surface area contributed by atoms with Gasteiger partial charge >= 0.3 is 0 Å². The van der Waals surface area contributed by atoms with E-state index in [2.05, 4.69) is 30.6 Å². The second-order valence-electron chi connectivity index (χ2n) is 7.16. The van der Waals surface area contributed by atoms with E-state index in [9.17, 15) is 0 Å². The molecular weight excluding hydrogens is 220 g/mol. The van der Waals surface area contributed by atoms with Gasteiger partial charge in [-0.1, -0.05) is 20.8 Å². The highest BCUT2D eigenvalue weighted by molar-refractivity contribution is 4.79. The van der Waals surface area contributed by atoms with Crippen molar-refractivity contribution in [3.05, 3.63) is 0 Å². The fourth-order valence-corrected chi connectivity index (χ4v) is 3.84. The highest BCUT2D eigenvalue weighted by Gasteiger charge is 2.25. The fourth-order valence-electron chi connectivity index (χ4n) is 3.84. The molecule has 0 saturated carbocycles. The van der Waals surface area contributed by atoms with Gasteiger partial charge < -0.3 is 9.80 Å². The van der Waals surface area contributed by atoms with Gasteiger partial charge in [0.2, 0.25) is 0 Å². The van der Waals surface area contributed by atoms with Crippen LogP contribution in [0.3, 0.4) is 0 Å². The number of hydrogen-bond donors (Lipinski definition) is 0. The molecule has 0 aromatic rings. The predicted octanol–water partition coefficient (Wildman–Crippen LogP) is 3.09. The van der Waals surface area contributed by atoms with Gasteiger partial charge in [-0.2, -0.15) is 0 Å². The summed E-state index contributed by atoms with van der Waals surface area (Å²) in [6.07, 6.45) is 5.75. The normalized spacial score (nSPS) is 28.3. The largest absolute Gasteiger partial charge is 0.303 e. The van der Waals surface area contributed by atoms with E-state index >= 15 is 0 Å². The van der Waals surface area contributed by atoms with Crippen molar-refractivity contribution < 1.29 is 0 Å². The Labute approximate surface area is 114 Å². The molecule has 0 spiro atoms. The molecule has 2 nitrogen and oxygen atoms in total. The summed E-state index contributed by atoms with van der Waals surface area (Å²) >= 11 is 0. The van der Waals surface area contributed by atoms with Gasteiger partial charge in [-0.15, -0.1) is 0 Å². The Hall–Kier alpha value is -0.0800. The smallest absolute Gasteiger partial charge is 0.00104 e. The quantitative estimate of drug-likeness (QED) is 0.717. The molecule has 0 bridgehead atoms. The highest BCUT2D eigenvalue weighted by atomic mass is 15.2. The van der Waals surface area contributed by atoms with Crippen LogP contribution in [0.5, 0.6) is 0 Å². The predicted molar refractivity (Wildman–Crippen MR) is 78.8 cm³/mol. The molecule has 2 fully saturated rings. The molecule has 2 atom stereocenters. The summed E-state index contributed by atoms with van der Waals surface area (Å²) < 4.78 is 0. The molecule has 2 saturated heterocycles. The van der Waals surface area contributed by atoms with Crippen LogP contribution >= 0.6 is 0 Å². The van der Waals surface area contributed by atoms with E-state index in [4.69, 9.17) is 0 Å². The standard InChI is InChI=1S/C16H32N2/c1-14(2)11-18-9-6-16(13-18)10-15(3)12-17-7-4-5-8-17/h14-16H,4-13H2,1-3H3/t15-,16?/m0/s1. The molecule has 1 unspecified atom stereocenters. The van der Waals surface area contributed by atoms with E-state index in [-0.39, 0.29) is 0 Å². The zero-order valence-corrected chi connectivity index (χ0v) is 12.7. The van der Waals surface area contributed by atoms with Crippen molar-refractivity contribution in [1.29, 1.82) is 0 Å². The van der Waals surface area contributed by atoms with Gasteiger partial charge in [0.05, 0.1) is 0 Å². The fraction of sp³-hybridized carbons (Fsp3) is 1.00. The van der Waals surface area contributed by atoms with Crippen molar-refractivity contribution in [2.45, 2.75) is 46.5 Å². The molecule has 0 aliphatic carbocycles. The van der Waals surface area contributed by atoms with Crippen LogP contribution in [-0.4, -0.2) is 49.1 Å². The second-order valence-corrected chi connectivity index (χ2v) is 7.16. The Kier molecular flexibility index (Phi) is 5.50. The summed E-state index contributed by atoms with van der Waals surface area (Å²) in [7, 11) is 0. The van der Waals surface area contributed by atoms with Gasteiger partial charge in [-0.3, -0.25) is 0 Å². The van der Waals surface area contributed by atoms with E-state index in [0.29, 0.717) is 0 Å². The first-order valence-corrected chi connectivity index (χ1v) is 8.08. The van der Waals surface area contributed by atoms with E-state index in [1.54, 1.807) is 0 Å². The topological polar surface area (TPSA) is 6.48 Å². The summed E-state index contributed by atoms with van der Waals surface area (Å²) in [4.78, 5) is 5.35. The van der Waals surface area contributed by atoms with Crippen molar-refractivity contribution in [3.8, 4) is 0 Å². The van der Waals surface area contributed by atoms with Gasteiger partial charge in [-0.25, -0.2) is 0 Å². The molecule has 2 heterocycles. The third-order valence-electron chi connectivity index (χ3n) is 4.50. The lowest BCUT2D eigenvalue weighted by Gasteiger charge is -2.23. The molecule has 0 radical (unpaired) electrons. The third-order valence-corrected chi connectivity index (χ3v) is 4.50. The van der Waals surface area contributed by atoms with Gasteiger partial charge in [0, 0.05) is 19.6 Å².